The molecule has 0 N–H and O–H groups in total. The van der Waals surface area contributed by atoms with Crippen molar-refractivity contribution >= 4 is 40.5 Å². The van der Waals surface area contributed by atoms with Gasteiger partial charge in [-0.15, -0.1) is 0 Å². The van der Waals surface area contributed by atoms with E-state index < -0.39 is 5.60 Å². The van der Waals surface area contributed by atoms with E-state index in [0.29, 0.717) is 56.0 Å². The SMILES string of the molecule is CC.CC.CCC[n+]1c(CN2C(=O)c3ccccc3C2=O)n(CC)c2cc(C(=O)N3CCN(C(=O)OC(C)(C)C)CC3)c(N(C)C)cc21. The number of amides is 4. The molecule has 4 amide bonds. The molecule has 11 heteroatoms. The number of anilines is 1. The van der Waals surface area contributed by atoms with Crippen molar-refractivity contribution < 1.29 is 28.5 Å². The fourth-order valence-electron chi connectivity index (χ4n) is 6.07. The summed E-state index contributed by atoms with van der Waals surface area (Å²) in [6, 6.07) is 10.9. The number of carbonyl (C=O) groups is 4. The quantitative estimate of drug-likeness (QED) is 0.228. The molecular weight excluding hydrogens is 608 g/mol. The van der Waals surface area contributed by atoms with Crippen molar-refractivity contribution in [3.05, 3.63) is 58.9 Å². The first-order chi connectivity index (χ1) is 22.9. The molecule has 1 aromatic heterocycles. The standard InChI is InChI=1S/C33H43N6O5.2C2H6/c1-8-14-38-27-20-25(34(6)7)24(29(40)35-15-17-36(18-16-35)32(43)44-33(3,4)5)19-26(27)37(9-2)28(38)21-39-30(41)22-12-10-11-13-23(22)31(39)42;2*1-2/h10-13,19-20H,8-9,14-18,21H2,1-7H3;2*1-2H3/q+1;;. The monoisotopic (exact) mass is 663 g/mol. The summed E-state index contributed by atoms with van der Waals surface area (Å²) in [5.74, 6) is 0.139. The smallest absolute Gasteiger partial charge is 0.410 e. The molecule has 1 saturated heterocycles. The average molecular weight is 664 g/mol. The van der Waals surface area contributed by atoms with Crippen LogP contribution in [0.2, 0.25) is 0 Å². The van der Waals surface area contributed by atoms with Crippen LogP contribution in [0.3, 0.4) is 0 Å². The van der Waals surface area contributed by atoms with Gasteiger partial charge in [-0.1, -0.05) is 46.8 Å². The minimum Gasteiger partial charge on any atom is -0.444 e. The number of aryl methyl sites for hydroxylation is 2. The molecule has 0 unspecified atom stereocenters. The van der Waals surface area contributed by atoms with Gasteiger partial charge in [0.25, 0.3) is 23.5 Å². The number of rotatable bonds is 7. The van der Waals surface area contributed by atoms with E-state index in [2.05, 4.69) is 16.1 Å². The summed E-state index contributed by atoms with van der Waals surface area (Å²) >= 11 is 0. The lowest BCUT2D eigenvalue weighted by Crippen LogP contribution is -2.51. The number of benzene rings is 2. The highest BCUT2D eigenvalue weighted by molar-refractivity contribution is 6.21. The van der Waals surface area contributed by atoms with Gasteiger partial charge in [-0.25, -0.2) is 13.9 Å². The molecule has 2 aliphatic heterocycles. The second-order valence-electron chi connectivity index (χ2n) is 12.6. The number of piperazine rings is 1. The predicted molar refractivity (Wildman–Crippen MR) is 189 cm³/mol. The highest BCUT2D eigenvalue weighted by Gasteiger charge is 2.39. The van der Waals surface area contributed by atoms with Gasteiger partial charge < -0.3 is 19.4 Å². The van der Waals surface area contributed by atoms with Gasteiger partial charge in [-0.05, 0) is 46.2 Å². The molecular formula is C37H55N6O5+. The Morgan fingerprint density at radius 1 is 0.875 bits per heavy atom. The highest BCUT2D eigenvalue weighted by atomic mass is 16.6. The molecule has 5 rings (SSSR count). The van der Waals surface area contributed by atoms with Gasteiger partial charge in [-0.3, -0.25) is 19.3 Å². The normalized spacial score (nSPS) is 14.3. The summed E-state index contributed by atoms with van der Waals surface area (Å²) in [6.07, 6.45) is 0.481. The van der Waals surface area contributed by atoms with Crippen LogP contribution in [0.15, 0.2) is 36.4 Å². The Kier molecular flexibility index (Phi) is 12.8. The van der Waals surface area contributed by atoms with Crippen molar-refractivity contribution in [3.63, 3.8) is 0 Å². The lowest BCUT2D eigenvalue weighted by molar-refractivity contribution is -0.680. The maximum absolute atomic E-state index is 14.0. The maximum Gasteiger partial charge on any atom is 0.410 e. The van der Waals surface area contributed by atoms with Crippen LogP contribution in [0.4, 0.5) is 10.5 Å². The molecule has 2 aromatic carbocycles. The van der Waals surface area contributed by atoms with Crippen molar-refractivity contribution in [1.29, 1.82) is 0 Å². The third kappa shape index (κ3) is 7.66. The number of hydrogen-bond donors (Lipinski definition) is 0. The van der Waals surface area contributed by atoms with Crippen molar-refractivity contribution in [2.75, 3.05) is 45.2 Å². The van der Waals surface area contributed by atoms with Crippen molar-refractivity contribution in [3.8, 4) is 0 Å². The molecule has 0 aliphatic carbocycles. The lowest BCUT2D eigenvalue weighted by atomic mass is 10.1. The Labute approximate surface area is 286 Å². The van der Waals surface area contributed by atoms with Crippen LogP contribution in [0.25, 0.3) is 11.0 Å². The molecule has 48 heavy (non-hydrogen) atoms. The van der Waals surface area contributed by atoms with E-state index in [1.807, 2.05) is 86.5 Å². The predicted octanol–water partition coefficient (Wildman–Crippen LogP) is 5.97. The van der Waals surface area contributed by atoms with Crippen molar-refractivity contribution in [1.82, 2.24) is 19.3 Å². The fourth-order valence-corrected chi connectivity index (χ4v) is 6.07. The largest absolute Gasteiger partial charge is 0.444 e. The number of imidazole rings is 1. The molecule has 0 atom stereocenters. The fraction of sp³-hybridized carbons (Fsp3) is 0.541. The minimum atomic E-state index is -0.582. The number of carbonyl (C=O) groups excluding carboxylic acids is 4. The number of hydrogen-bond acceptors (Lipinski definition) is 6. The molecule has 0 saturated carbocycles. The van der Waals surface area contributed by atoms with Crippen LogP contribution < -0.4 is 9.47 Å². The second-order valence-corrected chi connectivity index (χ2v) is 12.6. The van der Waals surface area contributed by atoms with Crippen LogP contribution in [0.5, 0.6) is 0 Å². The number of imide groups is 1. The van der Waals surface area contributed by atoms with E-state index in [-0.39, 0.29) is 30.4 Å². The number of nitrogens with zero attached hydrogens (tertiary/aromatic N) is 6. The van der Waals surface area contributed by atoms with Gasteiger partial charge in [-0.2, -0.15) is 0 Å². The summed E-state index contributed by atoms with van der Waals surface area (Å²) < 4.78 is 9.79. The van der Waals surface area contributed by atoms with Gasteiger partial charge in [0.15, 0.2) is 11.0 Å². The maximum atomic E-state index is 14.0. The zero-order chi connectivity index (χ0) is 35.9. The minimum absolute atomic E-state index is 0.104. The lowest BCUT2D eigenvalue weighted by Gasteiger charge is -2.36. The summed E-state index contributed by atoms with van der Waals surface area (Å²) in [6.45, 7) is 20.6. The van der Waals surface area contributed by atoms with E-state index in [1.54, 1.807) is 34.1 Å². The van der Waals surface area contributed by atoms with Gasteiger partial charge in [0.05, 0.1) is 35.5 Å². The molecule has 0 spiro atoms. The topological polar surface area (TPSA) is 99.3 Å². The Balaban J connectivity index is 0.00000151. The van der Waals surface area contributed by atoms with Gasteiger partial charge in [0.2, 0.25) is 0 Å². The first-order valence-corrected chi connectivity index (χ1v) is 17.3. The van der Waals surface area contributed by atoms with E-state index in [0.717, 1.165) is 29.0 Å². The van der Waals surface area contributed by atoms with Gasteiger partial charge in [0, 0.05) is 52.4 Å². The zero-order valence-corrected chi connectivity index (χ0v) is 30.8. The first-order valence-electron chi connectivity index (χ1n) is 17.3. The zero-order valence-electron chi connectivity index (χ0n) is 30.8. The third-order valence-electron chi connectivity index (χ3n) is 8.17. The molecule has 3 aromatic rings. The van der Waals surface area contributed by atoms with Crippen LogP contribution in [0.1, 0.15) is 106 Å². The van der Waals surface area contributed by atoms with E-state index in [4.69, 9.17) is 4.74 Å². The first kappa shape index (κ1) is 38.0. The third-order valence-corrected chi connectivity index (χ3v) is 8.17. The van der Waals surface area contributed by atoms with Crippen LogP contribution in [-0.4, -0.2) is 89.0 Å². The van der Waals surface area contributed by atoms with Gasteiger partial charge >= 0.3 is 6.09 Å². The second kappa shape index (κ2) is 16.1. The number of ether oxygens (including phenoxy) is 1. The molecule has 2 aliphatic rings. The summed E-state index contributed by atoms with van der Waals surface area (Å²) in [7, 11) is 3.83. The van der Waals surface area contributed by atoms with Crippen molar-refractivity contribution in [2.45, 2.75) is 94.0 Å². The number of fused-ring (bicyclic) bond motifs is 2. The van der Waals surface area contributed by atoms with Crippen molar-refractivity contribution in [2.24, 2.45) is 0 Å². The van der Waals surface area contributed by atoms with E-state index in [9.17, 15) is 19.2 Å². The molecule has 262 valence electrons. The Bertz CT molecular complexity index is 1590. The molecule has 3 heterocycles. The molecule has 1 fully saturated rings. The Morgan fingerprint density at radius 2 is 1.42 bits per heavy atom. The summed E-state index contributed by atoms with van der Waals surface area (Å²) in [4.78, 5) is 59.9. The molecule has 0 bridgehead atoms. The van der Waals surface area contributed by atoms with E-state index in [1.165, 1.54) is 4.90 Å². The van der Waals surface area contributed by atoms with Gasteiger partial charge in [0.1, 0.15) is 12.1 Å². The van der Waals surface area contributed by atoms with Crippen LogP contribution in [-0.2, 0) is 24.4 Å². The van der Waals surface area contributed by atoms with Crippen LogP contribution >= 0.6 is 0 Å². The van der Waals surface area contributed by atoms with E-state index >= 15 is 0 Å². The molecule has 0 radical (unpaired) electrons. The Hall–Kier alpha value is -4.41. The van der Waals surface area contributed by atoms with Crippen LogP contribution in [0, 0.1) is 0 Å². The number of aromatic nitrogens is 2. The Morgan fingerprint density at radius 3 is 1.90 bits per heavy atom. The summed E-state index contributed by atoms with van der Waals surface area (Å²) in [5, 5.41) is 0. The highest BCUT2D eigenvalue weighted by Crippen LogP contribution is 2.30. The average Bonchev–Trinajstić information content (AvgIpc) is 3.50. The summed E-state index contributed by atoms with van der Waals surface area (Å²) in [5.41, 5.74) is 3.42. The molecule has 11 nitrogen and oxygen atoms in total.